The molecule has 0 aromatic carbocycles. The summed E-state index contributed by atoms with van der Waals surface area (Å²) in [5, 5.41) is 34.6. The molecule has 0 radical (unpaired) electrons. The van der Waals surface area contributed by atoms with E-state index in [1.807, 2.05) is 13.0 Å². The van der Waals surface area contributed by atoms with Crippen LogP contribution in [0.1, 0.15) is 83.6 Å². The lowest BCUT2D eigenvalue weighted by Gasteiger charge is -2.67. The molecule has 0 amide bonds. The highest BCUT2D eigenvalue weighted by atomic mass is 16.5. The molecule has 1 aromatic heterocycles. The molecule has 4 aliphatic carbocycles. The van der Waals surface area contributed by atoms with Gasteiger partial charge in [0.15, 0.2) is 0 Å². The topological polar surface area (TPSA) is 117 Å². The summed E-state index contributed by atoms with van der Waals surface area (Å²) in [5.74, 6) is -0.404. The zero-order chi connectivity index (χ0) is 23.8. The van der Waals surface area contributed by atoms with Crippen molar-refractivity contribution >= 4 is 5.97 Å². The largest absolute Gasteiger partial charge is 0.462 e. The molecule has 1 aromatic rings. The minimum Gasteiger partial charge on any atom is -0.462 e. The molecule has 3 N–H and O–H groups in total. The van der Waals surface area contributed by atoms with Crippen molar-refractivity contribution in [2.45, 2.75) is 101 Å². The smallest absolute Gasteiger partial charge is 0.335 e. The van der Waals surface area contributed by atoms with Crippen molar-refractivity contribution in [2.75, 3.05) is 0 Å². The van der Waals surface area contributed by atoms with Gasteiger partial charge in [0.25, 0.3) is 0 Å². The summed E-state index contributed by atoms with van der Waals surface area (Å²) in [7, 11) is 0. The second kappa shape index (κ2) is 7.40. The van der Waals surface area contributed by atoms with Crippen molar-refractivity contribution in [1.29, 1.82) is 0 Å². The molecule has 0 bridgehead atoms. The number of carbonyl (C=O) groups is 1. The Hall–Kier alpha value is -1.70. The van der Waals surface area contributed by atoms with E-state index in [1.165, 1.54) is 19.3 Å². The fraction of sp³-hybridized carbons (Fsp3) is 0.769. The van der Waals surface area contributed by atoms with Crippen LogP contribution in [-0.2, 0) is 9.53 Å². The maximum atomic E-state index is 12.3. The Morgan fingerprint density at radius 1 is 1.09 bits per heavy atom. The second-order valence-electron chi connectivity index (χ2n) is 11.6. The van der Waals surface area contributed by atoms with Crippen molar-refractivity contribution < 1.29 is 29.3 Å². The maximum absolute atomic E-state index is 12.3. The number of rotatable bonds is 2. The van der Waals surface area contributed by atoms with Crippen molar-refractivity contribution in [3.63, 3.8) is 0 Å². The number of ether oxygens (including phenoxy) is 1. The van der Waals surface area contributed by atoms with Crippen LogP contribution in [0.3, 0.4) is 0 Å². The highest BCUT2D eigenvalue weighted by Crippen LogP contribution is 2.71. The number of aliphatic hydroxyl groups excluding tert-OH is 1. The maximum Gasteiger partial charge on any atom is 0.335 e. The van der Waals surface area contributed by atoms with Gasteiger partial charge in [0.2, 0.25) is 0 Å². The van der Waals surface area contributed by atoms with Crippen LogP contribution in [0.4, 0.5) is 0 Å². The molecule has 0 aliphatic heterocycles. The average molecular weight is 461 g/mol. The molecule has 4 aliphatic rings. The number of aliphatic hydroxyl groups is 3. The zero-order valence-corrected chi connectivity index (χ0v) is 19.8. The molecule has 7 heteroatoms. The van der Waals surface area contributed by atoms with E-state index in [0.717, 1.165) is 24.8 Å². The molecular formula is C26H36O7. The molecule has 7 nitrogen and oxygen atoms in total. The molecular weight excluding hydrogens is 424 g/mol. The lowest BCUT2D eigenvalue weighted by molar-refractivity contribution is -0.284. The summed E-state index contributed by atoms with van der Waals surface area (Å²) in [4.78, 5) is 23.4. The van der Waals surface area contributed by atoms with Gasteiger partial charge in [-0.2, -0.15) is 0 Å². The van der Waals surface area contributed by atoms with Crippen LogP contribution < -0.4 is 5.63 Å². The first-order valence-electron chi connectivity index (χ1n) is 12.3. The Kier molecular flexibility index (Phi) is 5.17. The molecule has 9 atom stereocenters. The highest BCUT2D eigenvalue weighted by Gasteiger charge is 2.72. The molecule has 0 spiro atoms. The van der Waals surface area contributed by atoms with Crippen LogP contribution in [-0.4, -0.2) is 44.7 Å². The van der Waals surface area contributed by atoms with E-state index >= 15 is 0 Å². The first kappa shape index (κ1) is 23.1. The molecule has 0 saturated heterocycles. The van der Waals surface area contributed by atoms with E-state index in [0.29, 0.717) is 25.7 Å². The van der Waals surface area contributed by atoms with Crippen LogP contribution in [0.5, 0.6) is 0 Å². The van der Waals surface area contributed by atoms with Crippen LogP contribution >= 0.6 is 0 Å². The van der Waals surface area contributed by atoms with Gasteiger partial charge >= 0.3 is 11.6 Å². The van der Waals surface area contributed by atoms with Crippen molar-refractivity contribution in [2.24, 2.45) is 22.7 Å². The minimum absolute atomic E-state index is 0.0290. The quantitative estimate of drug-likeness (QED) is 0.581. The zero-order valence-electron chi connectivity index (χ0n) is 19.8. The Balaban J connectivity index is 1.53. The summed E-state index contributed by atoms with van der Waals surface area (Å²) in [6.45, 7) is 5.53. The Bertz CT molecular complexity index is 984. The fourth-order valence-corrected chi connectivity index (χ4v) is 8.72. The third-order valence-electron chi connectivity index (χ3n) is 10.4. The van der Waals surface area contributed by atoms with E-state index in [9.17, 15) is 24.9 Å². The molecule has 182 valence electrons. The molecule has 5 rings (SSSR count). The minimum atomic E-state index is -1.14. The predicted molar refractivity (Wildman–Crippen MR) is 119 cm³/mol. The number of carbonyl (C=O) groups excluding carboxylic acids is 1. The van der Waals surface area contributed by atoms with Crippen molar-refractivity contribution in [3.05, 3.63) is 34.4 Å². The normalized spacial score (nSPS) is 49.0. The molecule has 1 heterocycles. The Morgan fingerprint density at radius 2 is 1.82 bits per heavy atom. The number of fused-ring (bicyclic) bond motifs is 5. The lowest BCUT2D eigenvalue weighted by Crippen LogP contribution is -2.71. The SMILES string of the molecule is CC(=O)O[C@@H]1C[C@H](O)C[C@@]2(O)CC[C@@H]3[C@H](CC[C@]4(C)[C@@H](c5ccc(=O)oc5)CC[C@]34O)[C@@]12C. The van der Waals surface area contributed by atoms with Gasteiger partial charge in [0, 0.05) is 36.7 Å². The standard InChI is InChI=1S/C26H36O7/c1-15(27)33-21-12-17(28)13-25(30)10-7-20-19(24(21,25)3)6-9-23(2)18(8-11-26(20,23)31)16-4-5-22(29)32-14-16/h4-5,14,17-21,28,30-31H,6-13H2,1-3H3/t17-,18+,19-,20+,21+,23+,24-,25-,26-/m0/s1. The summed E-state index contributed by atoms with van der Waals surface area (Å²) >= 11 is 0. The number of hydrogen-bond donors (Lipinski definition) is 3. The highest BCUT2D eigenvalue weighted by molar-refractivity contribution is 5.66. The van der Waals surface area contributed by atoms with Crippen molar-refractivity contribution in [3.8, 4) is 0 Å². The van der Waals surface area contributed by atoms with E-state index in [-0.39, 0.29) is 35.2 Å². The van der Waals surface area contributed by atoms with E-state index in [2.05, 4.69) is 6.92 Å². The van der Waals surface area contributed by atoms with Crippen LogP contribution in [0, 0.1) is 22.7 Å². The third-order valence-corrected chi connectivity index (χ3v) is 10.4. The Morgan fingerprint density at radius 3 is 2.48 bits per heavy atom. The van der Waals surface area contributed by atoms with E-state index < -0.39 is 34.8 Å². The van der Waals surface area contributed by atoms with Crippen LogP contribution in [0.25, 0.3) is 0 Å². The molecule has 0 unspecified atom stereocenters. The lowest BCUT2D eigenvalue weighted by atomic mass is 9.41. The first-order valence-corrected chi connectivity index (χ1v) is 12.3. The van der Waals surface area contributed by atoms with Gasteiger partial charge in [0.1, 0.15) is 6.10 Å². The van der Waals surface area contributed by atoms with Gasteiger partial charge in [-0.25, -0.2) is 4.79 Å². The van der Waals surface area contributed by atoms with Gasteiger partial charge in [-0.05, 0) is 67.9 Å². The fourth-order valence-electron chi connectivity index (χ4n) is 8.72. The number of hydrogen-bond acceptors (Lipinski definition) is 7. The van der Waals surface area contributed by atoms with E-state index in [1.54, 1.807) is 0 Å². The predicted octanol–water partition coefficient (Wildman–Crippen LogP) is 2.90. The number of esters is 1. The molecule has 4 saturated carbocycles. The monoisotopic (exact) mass is 460 g/mol. The summed E-state index contributed by atoms with van der Waals surface area (Å²) < 4.78 is 10.9. The first-order chi connectivity index (χ1) is 15.4. The van der Waals surface area contributed by atoms with Crippen LogP contribution in [0.15, 0.2) is 27.6 Å². The van der Waals surface area contributed by atoms with Gasteiger partial charge in [-0.1, -0.05) is 13.8 Å². The molecule has 4 fully saturated rings. The third kappa shape index (κ3) is 3.04. The van der Waals surface area contributed by atoms with Gasteiger partial charge in [0.05, 0.1) is 23.6 Å². The van der Waals surface area contributed by atoms with Gasteiger partial charge in [-0.3, -0.25) is 4.79 Å². The Labute approximate surface area is 194 Å². The summed E-state index contributed by atoms with van der Waals surface area (Å²) in [5.41, 5.74) is -2.63. The van der Waals surface area contributed by atoms with Gasteiger partial charge < -0.3 is 24.5 Å². The summed E-state index contributed by atoms with van der Waals surface area (Å²) in [6.07, 6.45) is 4.93. The second-order valence-corrected chi connectivity index (χ2v) is 11.6. The average Bonchev–Trinajstić information content (AvgIpc) is 3.01. The summed E-state index contributed by atoms with van der Waals surface area (Å²) in [6, 6.07) is 3.26. The molecule has 33 heavy (non-hydrogen) atoms. The van der Waals surface area contributed by atoms with Crippen molar-refractivity contribution in [1.82, 2.24) is 0 Å². The van der Waals surface area contributed by atoms with E-state index in [4.69, 9.17) is 9.15 Å². The van der Waals surface area contributed by atoms with Gasteiger partial charge in [-0.15, -0.1) is 0 Å². The van der Waals surface area contributed by atoms with Crippen LogP contribution in [0.2, 0.25) is 0 Å².